The van der Waals surface area contributed by atoms with Gasteiger partial charge in [0.25, 0.3) is 0 Å². The zero-order valence-corrected chi connectivity index (χ0v) is 11.1. The summed E-state index contributed by atoms with van der Waals surface area (Å²) in [7, 11) is 2.02. The molecule has 17 heavy (non-hydrogen) atoms. The standard InChI is InChI=1S/C11H18N4OS/c1-8(7-17-3)15(2)9-4-5-13-10(6-9)11(12)14-16/h4-6,8,16H,7H2,1-3H3,(H2,12,14). The number of amidine groups is 1. The number of nitrogens with two attached hydrogens (primary N) is 1. The Kier molecular flexibility index (Phi) is 5.09. The third-order valence-electron chi connectivity index (χ3n) is 2.59. The molecule has 1 atom stereocenters. The number of aromatic nitrogens is 1. The van der Waals surface area contributed by atoms with Crippen LogP contribution in [-0.2, 0) is 0 Å². The quantitative estimate of drug-likeness (QED) is 0.359. The molecule has 1 rings (SSSR count). The first-order valence-electron chi connectivity index (χ1n) is 5.25. The van der Waals surface area contributed by atoms with Gasteiger partial charge in [-0.1, -0.05) is 5.16 Å². The molecule has 0 aromatic carbocycles. The molecule has 0 bridgehead atoms. The zero-order chi connectivity index (χ0) is 12.8. The first kappa shape index (κ1) is 13.6. The minimum absolute atomic E-state index is 0.0257. The molecule has 0 aliphatic heterocycles. The summed E-state index contributed by atoms with van der Waals surface area (Å²) in [6.07, 6.45) is 3.74. The van der Waals surface area contributed by atoms with Gasteiger partial charge >= 0.3 is 0 Å². The molecule has 6 heteroatoms. The second-order valence-electron chi connectivity index (χ2n) is 3.80. The van der Waals surface area contributed by atoms with E-state index in [1.54, 1.807) is 18.0 Å². The van der Waals surface area contributed by atoms with Crippen molar-refractivity contribution in [2.75, 3.05) is 24.0 Å². The molecule has 0 fully saturated rings. The molecular weight excluding hydrogens is 236 g/mol. The SMILES string of the molecule is CSCC(C)N(C)c1ccnc(/C(N)=N/O)c1. The van der Waals surface area contributed by atoms with Crippen molar-refractivity contribution in [2.24, 2.45) is 10.9 Å². The molecule has 3 N–H and O–H groups in total. The molecule has 0 spiro atoms. The molecule has 0 radical (unpaired) electrons. The second kappa shape index (κ2) is 6.34. The van der Waals surface area contributed by atoms with E-state index in [4.69, 9.17) is 10.9 Å². The molecule has 1 aromatic heterocycles. The fraction of sp³-hybridized carbons (Fsp3) is 0.455. The van der Waals surface area contributed by atoms with Gasteiger partial charge in [-0.15, -0.1) is 0 Å². The summed E-state index contributed by atoms with van der Waals surface area (Å²) in [5.74, 6) is 1.07. The first-order chi connectivity index (χ1) is 8.10. The number of hydrogen-bond acceptors (Lipinski definition) is 5. The third-order valence-corrected chi connectivity index (χ3v) is 3.41. The van der Waals surface area contributed by atoms with Crippen molar-refractivity contribution in [3.05, 3.63) is 24.0 Å². The van der Waals surface area contributed by atoms with E-state index < -0.39 is 0 Å². The Hall–Kier alpha value is -1.43. The van der Waals surface area contributed by atoms with Crippen LogP contribution in [0, 0.1) is 0 Å². The number of thioether (sulfide) groups is 1. The number of nitrogens with zero attached hydrogens (tertiary/aromatic N) is 3. The van der Waals surface area contributed by atoms with Gasteiger partial charge in [0.1, 0.15) is 5.69 Å². The molecule has 0 aliphatic carbocycles. The smallest absolute Gasteiger partial charge is 0.188 e. The van der Waals surface area contributed by atoms with Crippen molar-refractivity contribution in [3.8, 4) is 0 Å². The maximum atomic E-state index is 8.62. The number of pyridine rings is 1. The average Bonchev–Trinajstić information content (AvgIpc) is 2.37. The van der Waals surface area contributed by atoms with E-state index in [1.807, 2.05) is 19.2 Å². The predicted octanol–water partition coefficient (Wildman–Crippen LogP) is 1.36. The highest BCUT2D eigenvalue weighted by Gasteiger charge is 2.11. The Morgan fingerprint density at radius 1 is 1.71 bits per heavy atom. The van der Waals surface area contributed by atoms with Crippen LogP contribution in [0.4, 0.5) is 5.69 Å². The van der Waals surface area contributed by atoms with Crippen molar-refractivity contribution in [1.82, 2.24) is 4.98 Å². The average molecular weight is 254 g/mol. The predicted molar refractivity (Wildman–Crippen MR) is 73.0 cm³/mol. The van der Waals surface area contributed by atoms with E-state index in [-0.39, 0.29) is 5.84 Å². The largest absolute Gasteiger partial charge is 0.409 e. The van der Waals surface area contributed by atoms with Gasteiger partial charge in [-0.3, -0.25) is 4.98 Å². The molecule has 0 saturated heterocycles. The van der Waals surface area contributed by atoms with Gasteiger partial charge < -0.3 is 15.8 Å². The van der Waals surface area contributed by atoms with Crippen molar-refractivity contribution >= 4 is 23.3 Å². The Bertz CT molecular complexity index is 397. The van der Waals surface area contributed by atoms with Crippen LogP contribution >= 0.6 is 11.8 Å². The van der Waals surface area contributed by atoms with Crippen molar-refractivity contribution in [3.63, 3.8) is 0 Å². The number of oxime groups is 1. The van der Waals surface area contributed by atoms with Crippen LogP contribution in [0.1, 0.15) is 12.6 Å². The third kappa shape index (κ3) is 3.52. The Morgan fingerprint density at radius 3 is 3.00 bits per heavy atom. The lowest BCUT2D eigenvalue weighted by Gasteiger charge is -2.26. The highest BCUT2D eigenvalue weighted by Crippen LogP contribution is 2.17. The van der Waals surface area contributed by atoms with Crippen LogP contribution in [0.25, 0.3) is 0 Å². The van der Waals surface area contributed by atoms with Crippen molar-refractivity contribution < 1.29 is 5.21 Å². The van der Waals surface area contributed by atoms with Crippen LogP contribution in [0.5, 0.6) is 0 Å². The summed E-state index contributed by atoms with van der Waals surface area (Å²) in [5, 5.41) is 11.6. The van der Waals surface area contributed by atoms with E-state index in [0.717, 1.165) is 11.4 Å². The molecule has 1 aromatic rings. The minimum Gasteiger partial charge on any atom is -0.409 e. The molecule has 0 amide bonds. The monoisotopic (exact) mass is 254 g/mol. The fourth-order valence-corrected chi connectivity index (χ4v) is 2.14. The summed E-state index contributed by atoms with van der Waals surface area (Å²) >= 11 is 1.80. The summed E-state index contributed by atoms with van der Waals surface area (Å²) in [5.41, 5.74) is 7.00. The van der Waals surface area contributed by atoms with E-state index in [2.05, 4.69) is 28.2 Å². The molecule has 1 heterocycles. The zero-order valence-electron chi connectivity index (χ0n) is 10.3. The van der Waals surface area contributed by atoms with E-state index >= 15 is 0 Å². The van der Waals surface area contributed by atoms with Crippen molar-refractivity contribution in [2.45, 2.75) is 13.0 Å². The normalized spacial score (nSPS) is 13.5. The van der Waals surface area contributed by atoms with Crippen LogP contribution in [0.3, 0.4) is 0 Å². The maximum absolute atomic E-state index is 8.62. The summed E-state index contributed by atoms with van der Waals surface area (Å²) in [4.78, 5) is 6.20. The topological polar surface area (TPSA) is 74.7 Å². The molecule has 0 saturated carbocycles. The fourth-order valence-electron chi connectivity index (χ4n) is 1.44. The lowest BCUT2D eigenvalue weighted by Crippen LogP contribution is -2.31. The van der Waals surface area contributed by atoms with E-state index in [9.17, 15) is 0 Å². The maximum Gasteiger partial charge on any atom is 0.188 e. The van der Waals surface area contributed by atoms with E-state index in [1.165, 1.54) is 0 Å². The molecule has 94 valence electrons. The Labute approximate surface area is 106 Å². The van der Waals surface area contributed by atoms with Gasteiger partial charge in [-0.05, 0) is 25.3 Å². The number of anilines is 1. The van der Waals surface area contributed by atoms with Gasteiger partial charge in [0.15, 0.2) is 5.84 Å². The second-order valence-corrected chi connectivity index (χ2v) is 4.71. The van der Waals surface area contributed by atoms with Crippen molar-refractivity contribution in [1.29, 1.82) is 0 Å². The van der Waals surface area contributed by atoms with Crippen LogP contribution in [0.2, 0.25) is 0 Å². The number of rotatable bonds is 5. The minimum atomic E-state index is 0.0257. The molecule has 5 nitrogen and oxygen atoms in total. The van der Waals surface area contributed by atoms with Gasteiger partial charge in [0, 0.05) is 30.7 Å². The first-order valence-corrected chi connectivity index (χ1v) is 6.65. The summed E-state index contributed by atoms with van der Waals surface area (Å²) in [6.45, 7) is 2.15. The van der Waals surface area contributed by atoms with Gasteiger partial charge in [-0.25, -0.2) is 0 Å². The Balaban J connectivity index is 2.91. The highest BCUT2D eigenvalue weighted by molar-refractivity contribution is 7.98. The van der Waals surface area contributed by atoms with Crippen LogP contribution < -0.4 is 10.6 Å². The summed E-state index contributed by atoms with van der Waals surface area (Å²) in [6, 6.07) is 4.13. The lowest BCUT2D eigenvalue weighted by atomic mass is 10.2. The number of hydrogen-bond donors (Lipinski definition) is 2. The molecule has 1 unspecified atom stereocenters. The molecular formula is C11H18N4OS. The van der Waals surface area contributed by atoms with Crippen LogP contribution in [0.15, 0.2) is 23.5 Å². The van der Waals surface area contributed by atoms with Gasteiger partial charge in [0.05, 0.1) is 0 Å². The molecule has 0 aliphatic rings. The van der Waals surface area contributed by atoms with Gasteiger partial charge in [-0.2, -0.15) is 11.8 Å². The van der Waals surface area contributed by atoms with E-state index in [0.29, 0.717) is 11.7 Å². The summed E-state index contributed by atoms with van der Waals surface area (Å²) < 4.78 is 0. The van der Waals surface area contributed by atoms with Gasteiger partial charge in [0.2, 0.25) is 0 Å². The highest BCUT2D eigenvalue weighted by atomic mass is 32.2. The Morgan fingerprint density at radius 2 is 2.41 bits per heavy atom. The van der Waals surface area contributed by atoms with Crippen LogP contribution in [-0.4, -0.2) is 41.1 Å². The lowest BCUT2D eigenvalue weighted by molar-refractivity contribution is 0.318.